The van der Waals surface area contributed by atoms with Crippen LogP contribution in [0.5, 0.6) is 0 Å². The molecule has 2 rings (SSSR count). The van der Waals surface area contributed by atoms with Crippen LogP contribution < -0.4 is 5.32 Å². The number of rotatable bonds is 5. The van der Waals surface area contributed by atoms with E-state index in [1.165, 1.54) is 6.07 Å². The molecule has 0 amide bonds. The minimum Gasteiger partial charge on any atom is -0.308 e. The van der Waals surface area contributed by atoms with E-state index in [0.717, 1.165) is 5.56 Å². The van der Waals surface area contributed by atoms with Crippen LogP contribution in [0.1, 0.15) is 16.7 Å². The summed E-state index contributed by atoms with van der Waals surface area (Å²) in [5.41, 5.74) is 2.07. The Balaban J connectivity index is 2.03. The molecule has 2 aromatic carbocycles. The Hall–Kier alpha value is -2.42. The van der Waals surface area contributed by atoms with Gasteiger partial charge in [0.2, 0.25) is 0 Å². The maximum Gasteiger partial charge on any atom is 0.275 e. The largest absolute Gasteiger partial charge is 0.308 e. The first-order valence-electron chi connectivity index (χ1n) is 6.23. The summed E-state index contributed by atoms with van der Waals surface area (Å²) in [4.78, 5) is 10.5. The molecular weight excluding hydrogens is 290 g/mol. The van der Waals surface area contributed by atoms with Crippen LogP contribution in [0.15, 0.2) is 42.5 Å². The van der Waals surface area contributed by atoms with Crippen molar-refractivity contribution in [2.45, 2.75) is 13.1 Å². The zero-order valence-electron chi connectivity index (χ0n) is 11.0. The fourth-order valence-corrected chi connectivity index (χ4v) is 2.16. The monoisotopic (exact) mass is 301 g/mol. The van der Waals surface area contributed by atoms with Crippen molar-refractivity contribution in [1.29, 1.82) is 5.26 Å². The Morgan fingerprint density at radius 2 is 1.90 bits per heavy atom. The van der Waals surface area contributed by atoms with Crippen LogP contribution in [0.4, 0.5) is 5.69 Å². The zero-order valence-corrected chi connectivity index (χ0v) is 11.8. The molecule has 0 aromatic heterocycles. The van der Waals surface area contributed by atoms with E-state index in [9.17, 15) is 10.1 Å². The highest BCUT2D eigenvalue weighted by molar-refractivity contribution is 6.31. The number of nitrogens with one attached hydrogen (secondary N) is 1. The molecule has 0 atom stereocenters. The number of halogens is 1. The summed E-state index contributed by atoms with van der Waals surface area (Å²) in [5, 5.41) is 23.2. The van der Waals surface area contributed by atoms with Crippen molar-refractivity contribution in [3.63, 3.8) is 0 Å². The molecule has 0 saturated carbocycles. The first-order chi connectivity index (χ1) is 10.1. The van der Waals surface area contributed by atoms with Crippen LogP contribution in [0, 0.1) is 21.4 Å². The summed E-state index contributed by atoms with van der Waals surface area (Å²) in [7, 11) is 0. The molecule has 0 aliphatic heterocycles. The number of benzene rings is 2. The molecule has 5 nitrogen and oxygen atoms in total. The van der Waals surface area contributed by atoms with E-state index in [4.69, 9.17) is 16.9 Å². The average molecular weight is 302 g/mol. The van der Waals surface area contributed by atoms with Gasteiger partial charge in [0.1, 0.15) is 0 Å². The fraction of sp³-hybridized carbons (Fsp3) is 0.133. The second-order valence-corrected chi connectivity index (χ2v) is 4.81. The van der Waals surface area contributed by atoms with Crippen molar-refractivity contribution in [1.82, 2.24) is 5.32 Å². The van der Waals surface area contributed by atoms with Gasteiger partial charge in [-0.15, -0.1) is 0 Å². The lowest BCUT2D eigenvalue weighted by atomic mass is 10.1. The number of hydrogen-bond donors (Lipinski definition) is 1. The fourth-order valence-electron chi connectivity index (χ4n) is 1.92. The minimum absolute atomic E-state index is 0.00910. The summed E-state index contributed by atoms with van der Waals surface area (Å²) < 4.78 is 0. The summed E-state index contributed by atoms with van der Waals surface area (Å²) >= 11 is 6.01. The van der Waals surface area contributed by atoms with Crippen molar-refractivity contribution >= 4 is 17.3 Å². The number of nitro groups is 1. The van der Waals surface area contributed by atoms with Gasteiger partial charge in [0, 0.05) is 19.2 Å². The van der Waals surface area contributed by atoms with Crippen molar-refractivity contribution < 1.29 is 4.92 Å². The van der Waals surface area contributed by atoms with Gasteiger partial charge in [-0.3, -0.25) is 10.1 Å². The topological polar surface area (TPSA) is 79.0 Å². The quantitative estimate of drug-likeness (QED) is 0.678. The van der Waals surface area contributed by atoms with Gasteiger partial charge in [-0.05, 0) is 23.8 Å². The lowest BCUT2D eigenvalue weighted by molar-refractivity contribution is -0.385. The Morgan fingerprint density at radius 1 is 1.19 bits per heavy atom. The molecule has 0 spiro atoms. The van der Waals surface area contributed by atoms with Gasteiger partial charge in [0.15, 0.2) is 0 Å². The van der Waals surface area contributed by atoms with E-state index < -0.39 is 4.92 Å². The van der Waals surface area contributed by atoms with E-state index in [0.29, 0.717) is 29.2 Å². The van der Waals surface area contributed by atoms with Crippen LogP contribution >= 0.6 is 11.6 Å². The van der Waals surface area contributed by atoms with Crippen molar-refractivity contribution in [3.8, 4) is 6.07 Å². The number of nitrogens with zero attached hydrogens (tertiary/aromatic N) is 2. The van der Waals surface area contributed by atoms with E-state index in [-0.39, 0.29) is 5.69 Å². The molecule has 1 N–H and O–H groups in total. The molecule has 0 aliphatic rings. The number of nitriles is 1. The highest BCUT2D eigenvalue weighted by Crippen LogP contribution is 2.25. The van der Waals surface area contributed by atoms with E-state index in [1.54, 1.807) is 24.3 Å². The predicted molar refractivity (Wildman–Crippen MR) is 79.8 cm³/mol. The molecule has 0 aliphatic carbocycles. The van der Waals surface area contributed by atoms with Gasteiger partial charge < -0.3 is 5.32 Å². The lowest BCUT2D eigenvalue weighted by Gasteiger charge is -2.07. The Kier molecular flexibility index (Phi) is 4.88. The van der Waals surface area contributed by atoms with Crippen molar-refractivity contribution in [2.24, 2.45) is 0 Å². The van der Waals surface area contributed by atoms with Gasteiger partial charge in [-0.2, -0.15) is 5.26 Å². The van der Waals surface area contributed by atoms with E-state index >= 15 is 0 Å². The van der Waals surface area contributed by atoms with Gasteiger partial charge >= 0.3 is 0 Å². The molecule has 2 aromatic rings. The normalized spacial score (nSPS) is 10.1. The smallest absolute Gasteiger partial charge is 0.275 e. The maximum atomic E-state index is 11.0. The van der Waals surface area contributed by atoms with Crippen LogP contribution in [-0.2, 0) is 13.1 Å². The molecule has 0 unspecified atom stereocenters. The predicted octanol–water partition coefficient (Wildman–Crippen LogP) is 3.41. The first-order valence-corrected chi connectivity index (χ1v) is 6.61. The zero-order chi connectivity index (χ0) is 15.2. The molecular formula is C15H12ClN3O2. The maximum absolute atomic E-state index is 11.0. The molecule has 21 heavy (non-hydrogen) atoms. The third-order valence-corrected chi connectivity index (χ3v) is 3.36. The summed E-state index contributed by atoms with van der Waals surface area (Å²) in [6, 6.07) is 13.8. The van der Waals surface area contributed by atoms with Crippen LogP contribution in [0.25, 0.3) is 0 Å². The van der Waals surface area contributed by atoms with Gasteiger partial charge in [-0.25, -0.2) is 0 Å². The average Bonchev–Trinajstić information content (AvgIpc) is 2.49. The highest BCUT2D eigenvalue weighted by atomic mass is 35.5. The Bertz CT molecular complexity index is 693. The highest BCUT2D eigenvalue weighted by Gasteiger charge is 2.15. The SMILES string of the molecule is N#Cc1ccc(CNCc2c(Cl)cccc2[N+](=O)[O-])cc1. The van der Waals surface area contributed by atoms with E-state index in [1.807, 2.05) is 12.1 Å². The summed E-state index contributed by atoms with van der Waals surface area (Å²) in [6.07, 6.45) is 0. The Labute approximate surface area is 126 Å². The molecule has 106 valence electrons. The lowest BCUT2D eigenvalue weighted by Crippen LogP contribution is -2.14. The molecule has 0 fully saturated rings. The molecule has 0 radical (unpaired) electrons. The van der Waals surface area contributed by atoms with Crippen molar-refractivity contribution in [2.75, 3.05) is 0 Å². The Morgan fingerprint density at radius 3 is 2.52 bits per heavy atom. The third-order valence-electron chi connectivity index (χ3n) is 3.00. The molecule has 0 heterocycles. The summed E-state index contributed by atoms with van der Waals surface area (Å²) in [6.45, 7) is 0.837. The minimum atomic E-state index is -0.440. The first kappa shape index (κ1) is 15.0. The van der Waals surface area contributed by atoms with Crippen LogP contribution in [0.2, 0.25) is 5.02 Å². The second-order valence-electron chi connectivity index (χ2n) is 4.41. The van der Waals surface area contributed by atoms with Crippen molar-refractivity contribution in [3.05, 3.63) is 74.3 Å². The van der Waals surface area contributed by atoms with Gasteiger partial charge in [0.05, 0.1) is 27.1 Å². The van der Waals surface area contributed by atoms with Gasteiger partial charge in [-0.1, -0.05) is 29.8 Å². The van der Waals surface area contributed by atoms with Crippen LogP contribution in [-0.4, -0.2) is 4.92 Å². The second kappa shape index (κ2) is 6.84. The molecule has 6 heteroatoms. The van der Waals surface area contributed by atoms with Crippen LogP contribution in [0.3, 0.4) is 0 Å². The van der Waals surface area contributed by atoms with E-state index in [2.05, 4.69) is 11.4 Å². The molecule has 0 saturated heterocycles. The summed E-state index contributed by atoms with van der Waals surface area (Å²) in [5.74, 6) is 0. The molecule has 0 bridgehead atoms. The standard InChI is InChI=1S/C15H12ClN3O2/c16-14-2-1-3-15(19(20)21)13(14)10-18-9-12-6-4-11(8-17)5-7-12/h1-7,18H,9-10H2. The third kappa shape index (κ3) is 3.78. The number of nitro benzene ring substituents is 1. The van der Waals surface area contributed by atoms with Gasteiger partial charge in [0.25, 0.3) is 5.69 Å². The number of hydrogen-bond acceptors (Lipinski definition) is 4.